The van der Waals surface area contributed by atoms with Crippen LogP contribution in [0.5, 0.6) is 5.75 Å². The molecule has 128 valence electrons. The molecule has 3 rings (SSSR count). The van der Waals surface area contributed by atoms with Crippen LogP contribution in [0.4, 0.5) is 0 Å². The molecule has 0 aliphatic heterocycles. The Balaban J connectivity index is 1.60. The number of carbonyl (C=O) groups excluding carboxylic acids is 1. The van der Waals surface area contributed by atoms with Crippen molar-refractivity contribution in [2.45, 2.75) is 13.8 Å². The van der Waals surface area contributed by atoms with Crippen molar-refractivity contribution in [2.75, 3.05) is 13.2 Å². The Hall–Kier alpha value is -3.15. The minimum Gasteiger partial charge on any atom is -0.492 e. The van der Waals surface area contributed by atoms with E-state index in [1.54, 1.807) is 12.3 Å². The van der Waals surface area contributed by atoms with Gasteiger partial charge < -0.3 is 14.6 Å². The summed E-state index contributed by atoms with van der Waals surface area (Å²) >= 11 is 0. The zero-order valence-corrected chi connectivity index (χ0v) is 14.2. The van der Waals surface area contributed by atoms with Gasteiger partial charge in [0, 0.05) is 23.5 Å². The van der Waals surface area contributed by atoms with E-state index in [-0.39, 0.29) is 5.91 Å². The molecule has 0 saturated carbocycles. The summed E-state index contributed by atoms with van der Waals surface area (Å²) in [5.74, 6) is 1.28. The summed E-state index contributed by atoms with van der Waals surface area (Å²) in [6, 6.07) is 11.3. The van der Waals surface area contributed by atoms with Crippen molar-refractivity contribution in [3.8, 4) is 16.9 Å². The molecule has 0 spiro atoms. The van der Waals surface area contributed by atoms with E-state index >= 15 is 0 Å². The van der Waals surface area contributed by atoms with Gasteiger partial charge in [-0.1, -0.05) is 23.4 Å². The fraction of sp³-hybridized carbons (Fsp3) is 0.211. The Morgan fingerprint density at radius 1 is 1.20 bits per heavy atom. The number of hydrogen-bond acceptors (Lipinski definition) is 5. The first kappa shape index (κ1) is 16.7. The maximum Gasteiger partial charge on any atom is 0.252 e. The molecular weight excluding hydrogens is 318 g/mol. The lowest BCUT2D eigenvalue weighted by Crippen LogP contribution is -2.28. The lowest BCUT2D eigenvalue weighted by atomic mass is 10.0. The Labute approximate surface area is 145 Å². The van der Waals surface area contributed by atoms with Crippen molar-refractivity contribution >= 4 is 5.91 Å². The summed E-state index contributed by atoms with van der Waals surface area (Å²) in [4.78, 5) is 16.5. The van der Waals surface area contributed by atoms with Crippen molar-refractivity contribution in [1.82, 2.24) is 15.5 Å². The molecule has 2 aromatic heterocycles. The number of hydrogen-bond donors (Lipinski definition) is 1. The zero-order valence-electron chi connectivity index (χ0n) is 14.2. The second-order valence-electron chi connectivity index (χ2n) is 5.58. The summed E-state index contributed by atoms with van der Waals surface area (Å²) in [6.45, 7) is 4.50. The normalized spacial score (nSPS) is 10.5. The number of rotatable bonds is 6. The highest BCUT2D eigenvalue weighted by Gasteiger charge is 2.14. The van der Waals surface area contributed by atoms with E-state index in [0.717, 1.165) is 22.6 Å². The van der Waals surface area contributed by atoms with Gasteiger partial charge in [0.1, 0.15) is 18.1 Å². The first-order valence-electron chi connectivity index (χ1n) is 7.99. The number of benzene rings is 1. The highest BCUT2D eigenvalue weighted by molar-refractivity contribution is 5.95. The van der Waals surface area contributed by atoms with E-state index in [0.29, 0.717) is 24.5 Å². The van der Waals surface area contributed by atoms with Crippen LogP contribution in [0.15, 0.2) is 53.3 Å². The summed E-state index contributed by atoms with van der Waals surface area (Å²) in [7, 11) is 0. The largest absolute Gasteiger partial charge is 0.492 e. The van der Waals surface area contributed by atoms with Crippen molar-refractivity contribution in [3.63, 3.8) is 0 Å². The van der Waals surface area contributed by atoms with Crippen LogP contribution in [-0.4, -0.2) is 29.2 Å². The van der Waals surface area contributed by atoms with Gasteiger partial charge in [0.05, 0.1) is 17.8 Å². The Morgan fingerprint density at radius 3 is 2.72 bits per heavy atom. The Kier molecular flexibility index (Phi) is 5.09. The van der Waals surface area contributed by atoms with Crippen LogP contribution >= 0.6 is 0 Å². The second kappa shape index (κ2) is 7.61. The molecule has 1 aromatic carbocycles. The molecule has 0 fully saturated rings. The molecule has 0 bridgehead atoms. The molecule has 0 aliphatic rings. The van der Waals surface area contributed by atoms with Crippen LogP contribution in [0, 0.1) is 13.8 Å². The molecule has 0 saturated heterocycles. The van der Waals surface area contributed by atoms with Gasteiger partial charge >= 0.3 is 0 Å². The number of aromatic nitrogens is 2. The van der Waals surface area contributed by atoms with Gasteiger partial charge in [0.2, 0.25) is 0 Å². The van der Waals surface area contributed by atoms with E-state index in [2.05, 4.69) is 15.5 Å². The first-order valence-corrected chi connectivity index (χ1v) is 7.99. The van der Waals surface area contributed by atoms with Gasteiger partial charge in [0.25, 0.3) is 5.91 Å². The third-order valence-electron chi connectivity index (χ3n) is 3.72. The van der Waals surface area contributed by atoms with E-state index in [9.17, 15) is 4.79 Å². The van der Waals surface area contributed by atoms with Crippen LogP contribution in [0.2, 0.25) is 0 Å². The number of nitrogens with zero attached hydrogens (tertiary/aromatic N) is 2. The van der Waals surface area contributed by atoms with Gasteiger partial charge in [-0.15, -0.1) is 0 Å². The molecule has 6 heteroatoms. The minimum absolute atomic E-state index is 0.197. The molecule has 1 amide bonds. The van der Waals surface area contributed by atoms with Gasteiger partial charge in [-0.3, -0.25) is 9.78 Å². The number of pyridine rings is 1. The zero-order chi connectivity index (χ0) is 17.6. The van der Waals surface area contributed by atoms with Crippen molar-refractivity contribution in [1.29, 1.82) is 0 Å². The van der Waals surface area contributed by atoms with Gasteiger partial charge in [-0.25, -0.2) is 0 Å². The van der Waals surface area contributed by atoms with Crippen molar-refractivity contribution in [3.05, 3.63) is 65.8 Å². The SMILES string of the molecule is Cc1noc(C)c1-c1cncc(C(=O)NCCOc2ccccc2)c1. The third-order valence-corrected chi connectivity index (χ3v) is 3.72. The predicted octanol–water partition coefficient (Wildman–Crippen LogP) is 3.16. The van der Waals surface area contributed by atoms with E-state index in [4.69, 9.17) is 9.26 Å². The monoisotopic (exact) mass is 337 g/mol. The number of amides is 1. The summed E-state index contributed by atoms with van der Waals surface area (Å²) in [5, 5.41) is 6.76. The fourth-order valence-corrected chi connectivity index (χ4v) is 2.55. The Morgan fingerprint density at radius 2 is 2.00 bits per heavy atom. The van der Waals surface area contributed by atoms with Crippen molar-refractivity contribution in [2.24, 2.45) is 0 Å². The van der Waals surface area contributed by atoms with Gasteiger partial charge in [0.15, 0.2) is 0 Å². The standard InChI is InChI=1S/C19H19N3O3/c1-13-18(14(2)25-22-13)15-10-16(12-20-11-15)19(23)21-8-9-24-17-6-4-3-5-7-17/h3-7,10-12H,8-9H2,1-2H3,(H,21,23). The summed E-state index contributed by atoms with van der Waals surface area (Å²) in [6.07, 6.45) is 3.23. The lowest BCUT2D eigenvalue weighted by Gasteiger charge is -2.08. The third kappa shape index (κ3) is 4.03. The van der Waals surface area contributed by atoms with Crippen molar-refractivity contribution < 1.29 is 14.1 Å². The molecule has 25 heavy (non-hydrogen) atoms. The average molecular weight is 337 g/mol. The number of nitrogens with one attached hydrogen (secondary N) is 1. The van der Waals surface area contributed by atoms with Crippen LogP contribution in [-0.2, 0) is 0 Å². The van der Waals surface area contributed by atoms with Crippen LogP contribution in [0.3, 0.4) is 0 Å². The predicted molar refractivity (Wildman–Crippen MR) is 93.5 cm³/mol. The van der Waals surface area contributed by atoms with E-state index in [1.807, 2.05) is 44.2 Å². The Bertz CT molecular complexity index is 840. The maximum absolute atomic E-state index is 12.3. The number of para-hydroxylation sites is 1. The lowest BCUT2D eigenvalue weighted by molar-refractivity contribution is 0.0946. The first-order chi connectivity index (χ1) is 12.1. The molecule has 0 atom stereocenters. The highest BCUT2D eigenvalue weighted by Crippen LogP contribution is 2.26. The number of carbonyl (C=O) groups is 1. The molecule has 1 N–H and O–H groups in total. The van der Waals surface area contributed by atoms with Gasteiger partial charge in [-0.05, 0) is 32.0 Å². The van der Waals surface area contributed by atoms with E-state index < -0.39 is 0 Å². The molecule has 2 heterocycles. The molecule has 0 unspecified atom stereocenters. The van der Waals surface area contributed by atoms with Gasteiger partial charge in [-0.2, -0.15) is 0 Å². The van der Waals surface area contributed by atoms with Crippen LogP contribution < -0.4 is 10.1 Å². The number of aryl methyl sites for hydroxylation is 2. The number of ether oxygens (including phenoxy) is 1. The molecular formula is C19H19N3O3. The molecule has 6 nitrogen and oxygen atoms in total. The highest BCUT2D eigenvalue weighted by atomic mass is 16.5. The molecule has 0 aliphatic carbocycles. The molecule has 3 aromatic rings. The quantitative estimate of drug-likeness (QED) is 0.699. The summed E-state index contributed by atoms with van der Waals surface area (Å²) in [5.41, 5.74) is 2.93. The molecule has 0 radical (unpaired) electrons. The second-order valence-corrected chi connectivity index (χ2v) is 5.58. The topological polar surface area (TPSA) is 77.2 Å². The maximum atomic E-state index is 12.3. The smallest absolute Gasteiger partial charge is 0.252 e. The summed E-state index contributed by atoms with van der Waals surface area (Å²) < 4.78 is 10.7. The van der Waals surface area contributed by atoms with Crippen LogP contribution in [0.1, 0.15) is 21.8 Å². The minimum atomic E-state index is -0.197. The van der Waals surface area contributed by atoms with Crippen LogP contribution in [0.25, 0.3) is 11.1 Å². The fourth-order valence-electron chi connectivity index (χ4n) is 2.55. The average Bonchev–Trinajstić information content (AvgIpc) is 2.98. The van der Waals surface area contributed by atoms with E-state index in [1.165, 1.54) is 6.20 Å².